The highest BCUT2D eigenvalue weighted by molar-refractivity contribution is 6.32. The first-order chi connectivity index (χ1) is 17.9. The van der Waals surface area contributed by atoms with Crippen LogP contribution in [0.3, 0.4) is 0 Å². The van der Waals surface area contributed by atoms with E-state index in [4.69, 9.17) is 11.5 Å². The lowest BCUT2D eigenvalue weighted by molar-refractivity contribution is -0.182. The van der Waals surface area contributed by atoms with Crippen LogP contribution >= 0.6 is 0 Å². The monoisotopic (exact) mass is 518 g/mol. The minimum atomic E-state index is -2.71. The van der Waals surface area contributed by atoms with Crippen molar-refractivity contribution in [1.29, 1.82) is 0 Å². The Labute approximate surface area is 219 Å². The van der Waals surface area contributed by atoms with Crippen LogP contribution in [0.15, 0.2) is 36.4 Å². The van der Waals surface area contributed by atoms with Crippen LogP contribution < -0.4 is 11.5 Å². The fourth-order valence-corrected chi connectivity index (χ4v) is 7.01. The van der Waals surface area contributed by atoms with Crippen molar-refractivity contribution in [3.05, 3.63) is 53.1 Å². The third-order valence-electron chi connectivity index (χ3n) is 8.70. The van der Waals surface area contributed by atoms with E-state index in [9.17, 15) is 34.2 Å². The molecule has 6 N–H and O–H groups in total. The molecular weight excluding hydrogens is 488 g/mol. The number of phenols is 1. The lowest BCUT2D eigenvalue weighted by Crippen LogP contribution is -2.71. The second-order valence-electron chi connectivity index (χ2n) is 11.0. The van der Waals surface area contributed by atoms with Gasteiger partial charge in [0.1, 0.15) is 5.75 Å². The predicted octanol–water partition coefficient (Wildman–Crippen LogP) is 1.33. The summed E-state index contributed by atoms with van der Waals surface area (Å²) in [6.07, 6.45) is 0.247. The van der Waals surface area contributed by atoms with Crippen molar-refractivity contribution < 1.29 is 34.2 Å². The number of hydrogen-bond acceptors (Lipinski definition) is 8. The smallest absolute Gasteiger partial charge is 0.235 e. The summed E-state index contributed by atoms with van der Waals surface area (Å²) in [6, 6.07) is 11.0. The highest BCUT2D eigenvalue weighted by atomic mass is 16.3. The number of primary amides is 1. The number of phenolic OH excluding ortho intramolecular Hbond substituents is 1. The number of Topliss-reactive ketones (excluding diaryl/α,β-unsaturated/α-hetero) is 4. The van der Waals surface area contributed by atoms with E-state index in [-0.39, 0.29) is 30.7 Å². The van der Waals surface area contributed by atoms with Crippen LogP contribution in [-0.2, 0) is 32.1 Å². The summed E-state index contributed by atoms with van der Waals surface area (Å²) in [4.78, 5) is 66.6. The Bertz CT molecular complexity index is 1400. The molecule has 0 aliphatic heterocycles. The Morgan fingerprint density at radius 3 is 2.34 bits per heavy atom. The molecular formula is C29H30N2O7. The van der Waals surface area contributed by atoms with Crippen molar-refractivity contribution in [2.24, 2.45) is 47.0 Å². The summed E-state index contributed by atoms with van der Waals surface area (Å²) >= 11 is 0. The summed E-state index contributed by atoms with van der Waals surface area (Å²) in [5, 5.41) is 22.7. The maximum Gasteiger partial charge on any atom is 0.235 e. The van der Waals surface area contributed by atoms with Crippen molar-refractivity contribution >= 4 is 29.0 Å². The molecule has 5 rings (SSSR count). The molecule has 9 heteroatoms. The summed E-state index contributed by atoms with van der Waals surface area (Å²) in [5.74, 6) is -11.7. The van der Waals surface area contributed by atoms with E-state index in [2.05, 4.69) is 0 Å². The van der Waals surface area contributed by atoms with Crippen LogP contribution in [0.25, 0.3) is 11.1 Å². The molecule has 38 heavy (non-hydrogen) atoms. The molecule has 0 radical (unpaired) electrons. The number of carbonyl (C=O) groups is 5. The fraction of sp³-hybridized carbons (Fsp3) is 0.414. The predicted molar refractivity (Wildman–Crippen MR) is 136 cm³/mol. The summed E-state index contributed by atoms with van der Waals surface area (Å²) < 4.78 is 0. The van der Waals surface area contributed by atoms with Gasteiger partial charge < -0.3 is 21.7 Å². The molecule has 2 aromatic carbocycles. The number of ketones is 4. The number of carbonyl (C=O) groups excluding carboxylic acids is 5. The molecule has 9 nitrogen and oxygen atoms in total. The van der Waals surface area contributed by atoms with E-state index < -0.39 is 70.1 Å². The first-order valence-corrected chi connectivity index (χ1v) is 12.8. The summed E-state index contributed by atoms with van der Waals surface area (Å²) in [6.45, 7) is 3.38. The molecule has 6 atom stereocenters. The first kappa shape index (κ1) is 25.9. The van der Waals surface area contributed by atoms with Gasteiger partial charge in [0.05, 0.1) is 11.5 Å². The van der Waals surface area contributed by atoms with Crippen molar-refractivity contribution in [2.75, 3.05) is 0 Å². The van der Waals surface area contributed by atoms with E-state index in [0.29, 0.717) is 16.7 Å². The molecule has 0 aromatic heterocycles. The van der Waals surface area contributed by atoms with Gasteiger partial charge in [-0.05, 0) is 47.4 Å². The van der Waals surface area contributed by atoms with Gasteiger partial charge in [-0.1, -0.05) is 44.2 Å². The Balaban J connectivity index is 1.70. The summed E-state index contributed by atoms with van der Waals surface area (Å²) in [5.41, 5.74) is 10.9. The zero-order valence-electron chi connectivity index (χ0n) is 21.1. The Kier molecular flexibility index (Phi) is 6.11. The number of aromatic hydroxyl groups is 1. The van der Waals surface area contributed by atoms with Crippen LogP contribution in [0, 0.1) is 35.5 Å². The van der Waals surface area contributed by atoms with Crippen molar-refractivity contribution in [2.45, 2.75) is 38.8 Å². The average Bonchev–Trinajstić information content (AvgIpc) is 2.86. The molecule has 2 saturated carbocycles. The quantitative estimate of drug-likeness (QED) is 0.438. The van der Waals surface area contributed by atoms with E-state index in [1.54, 1.807) is 19.9 Å². The van der Waals surface area contributed by atoms with Gasteiger partial charge >= 0.3 is 0 Å². The molecule has 198 valence electrons. The van der Waals surface area contributed by atoms with Crippen LogP contribution in [0.2, 0.25) is 0 Å². The molecule has 0 spiro atoms. The zero-order chi connectivity index (χ0) is 27.7. The fourth-order valence-electron chi connectivity index (χ4n) is 7.01. The third kappa shape index (κ3) is 3.41. The molecule has 1 amide bonds. The molecule has 0 bridgehead atoms. The van der Waals surface area contributed by atoms with Gasteiger partial charge in [0.2, 0.25) is 5.91 Å². The number of amides is 1. The number of rotatable bonds is 4. The number of nitrogens with two attached hydrogens (primary N) is 2. The first-order valence-electron chi connectivity index (χ1n) is 12.8. The molecule has 2 aromatic rings. The van der Waals surface area contributed by atoms with Crippen LogP contribution in [0.4, 0.5) is 0 Å². The number of hydrogen-bond donors (Lipinski definition) is 4. The molecule has 0 saturated heterocycles. The SMILES string of the molecule is CC(C)[C@@H]1C(=O)C(C(N)=O)C(=O)[C@@]2(O)C(=O)C3C(=O)c4c(O)c(CN)cc(-c5ccccc5)c4C[C@H]3C[C@@H]12. The highest BCUT2D eigenvalue weighted by Crippen LogP contribution is 2.54. The summed E-state index contributed by atoms with van der Waals surface area (Å²) in [7, 11) is 0. The van der Waals surface area contributed by atoms with Crippen LogP contribution in [-0.4, -0.2) is 44.9 Å². The van der Waals surface area contributed by atoms with Crippen LogP contribution in [0.5, 0.6) is 5.75 Å². The van der Waals surface area contributed by atoms with E-state index in [1.807, 2.05) is 30.3 Å². The standard InChI is InChI=1S/C29H30N2O7/c1-12(2)19-18-10-14-8-17-16(13-6-4-3-5-7-13)9-15(11-30)23(32)21(17)25(34)20(14)26(35)29(18,38)27(36)22(24(19)33)28(31)37/h3-7,9,12,14,18-20,22,32,38H,8,10-11,30H2,1-2H3,(H2,31,37)/t14-,18-,19-,20?,22?,29-/m0/s1. The van der Waals surface area contributed by atoms with Gasteiger partial charge in [-0.25, -0.2) is 0 Å². The highest BCUT2D eigenvalue weighted by Gasteiger charge is 2.69. The van der Waals surface area contributed by atoms with Gasteiger partial charge in [-0.3, -0.25) is 24.0 Å². The number of benzene rings is 2. The zero-order valence-corrected chi connectivity index (χ0v) is 21.1. The van der Waals surface area contributed by atoms with Gasteiger partial charge in [0.25, 0.3) is 0 Å². The molecule has 3 aliphatic rings. The Morgan fingerprint density at radius 2 is 1.76 bits per heavy atom. The lowest BCUT2D eigenvalue weighted by Gasteiger charge is -2.52. The largest absolute Gasteiger partial charge is 0.507 e. The maximum absolute atomic E-state index is 13.9. The normalized spacial score (nSPS) is 30.6. The van der Waals surface area contributed by atoms with Gasteiger partial charge in [-0.15, -0.1) is 0 Å². The Morgan fingerprint density at radius 1 is 1.11 bits per heavy atom. The Hall–Kier alpha value is -3.69. The second-order valence-corrected chi connectivity index (χ2v) is 11.0. The van der Waals surface area contributed by atoms with E-state index in [0.717, 1.165) is 5.56 Å². The van der Waals surface area contributed by atoms with Gasteiger partial charge in [-0.2, -0.15) is 0 Å². The van der Waals surface area contributed by atoms with Gasteiger partial charge in [0, 0.05) is 23.9 Å². The molecule has 3 aliphatic carbocycles. The van der Waals surface area contributed by atoms with Crippen molar-refractivity contribution in [3.8, 4) is 16.9 Å². The topological polar surface area (TPSA) is 178 Å². The molecule has 2 unspecified atom stereocenters. The molecule has 0 heterocycles. The number of aliphatic hydroxyl groups is 1. The minimum Gasteiger partial charge on any atom is -0.507 e. The maximum atomic E-state index is 13.9. The minimum absolute atomic E-state index is 0.0392. The van der Waals surface area contributed by atoms with Crippen molar-refractivity contribution in [3.63, 3.8) is 0 Å². The average molecular weight is 519 g/mol. The molecule has 2 fully saturated rings. The third-order valence-corrected chi connectivity index (χ3v) is 8.70. The van der Waals surface area contributed by atoms with Crippen LogP contribution in [0.1, 0.15) is 41.8 Å². The van der Waals surface area contributed by atoms with E-state index >= 15 is 0 Å². The number of fused-ring (bicyclic) bond motifs is 3. The second kappa shape index (κ2) is 8.96. The van der Waals surface area contributed by atoms with Gasteiger partial charge in [0.15, 0.2) is 34.7 Å². The van der Waals surface area contributed by atoms with E-state index in [1.165, 1.54) is 0 Å². The van der Waals surface area contributed by atoms with Crippen molar-refractivity contribution in [1.82, 2.24) is 0 Å². The lowest BCUT2D eigenvalue weighted by atomic mass is 9.49.